The highest BCUT2D eigenvalue weighted by molar-refractivity contribution is 6.00. The molecule has 2 aliphatic rings. The Bertz CT molecular complexity index is 3610. The van der Waals surface area contributed by atoms with E-state index in [0.717, 1.165) is 95.1 Å². The lowest BCUT2D eigenvalue weighted by Crippen LogP contribution is -2.16. The lowest BCUT2D eigenvalue weighted by molar-refractivity contribution is -0.143. The third kappa shape index (κ3) is 12.8. The number of esters is 1. The third-order valence-corrected chi connectivity index (χ3v) is 15.9. The molecule has 7 heteroatoms. The van der Waals surface area contributed by atoms with Crippen molar-refractivity contribution in [3.05, 3.63) is 159 Å². The van der Waals surface area contributed by atoms with Gasteiger partial charge in [-0.2, -0.15) is 0 Å². The van der Waals surface area contributed by atoms with Crippen molar-refractivity contribution in [2.24, 2.45) is 0 Å². The van der Waals surface area contributed by atoms with E-state index in [9.17, 15) is 4.79 Å². The fourth-order valence-corrected chi connectivity index (χ4v) is 10.7. The number of fused-ring (bicyclic) bond motifs is 8. The van der Waals surface area contributed by atoms with Gasteiger partial charge in [0.15, 0.2) is 0 Å². The lowest BCUT2D eigenvalue weighted by atomic mass is 9.78. The van der Waals surface area contributed by atoms with E-state index >= 15 is 0 Å². The number of aromatic nitrogens is 4. The number of aromatic amines is 2. The maximum absolute atomic E-state index is 12.1. The van der Waals surface area contributed by atoms with E-state index < -0.39 is 0 Å². The molecule has 7 aromatic rings. The zero-order valence-electron chi connectivity index (χ0n) is 52.1. The Morgan fingerprint density at radius 1 is 0.395 bits per heavy atom. The van der Waals surface area contributed by atoms with Gasteiger partial charge in [-0.3, -0.25) is 4.79 Å². The number of nitrogens with zero attached hydrogens (tertiary/aromatic N) is 2. The van der Waals surface area contributed by atoms with Crippen LogP contribution in [0.4, 0.5) is 0 Å². The topological polar surface area (TPSA) is 92.9 Å². The Morgan fingerprint density at radius 2 is 0.679 bits per heavy atom. The molecule has 5 heterocycles. The summed E-state index contributed by atoms with van der Waals surface area (Å²) in [4.78, 5) is 31.7. The molecule has 0 fully saturated rings. The average Bonchev–Trinajstić information content (AvgIpc) is 4.27. The van der Waals surface area contributed by atoms with Gasteiger partial charge in [-0.05, 0) is 162 Å². The maximum atomic E-state index is 12.1. The minimum Gasteiger partial charge on any atom is -0.494 e. The second kappa shape index (κ2) is 21.6. The molecule has 0 radical (unpaired) electrons. The fourth-order valence-electron chi connectivity index (χ4n) is 10.7. The molecule has 2 N–H and O–H groups in total. The molecule has 0 saturated heterocycles. The summed E-state index contributed by atoms with van der Waals surface area (Å²) in [7, 11) is 0. The summed E-state index contributed by atoms with van der Waals surface area (Å²) in [5.74, 6) is 0.518. The molecule has 0 amide bonds. The van der Waals surface area contributed by atoms with Crippen molar-refractivity contribution < 1.29 is 14.3 Å². The number of hydrogen-bond acceptors (Lipinski definition) is 5. The molecule has 0 aliphatic carbocycles. The van der Waals surface area contributed by atoms with Gasteiger partial charge in [0.2, 0.25) is 0 Å². The number of ether oxygens (including phenoxy) is 2. The van der Waals surface area contributed by atoms with Crippen LogP contribution in [0.15, 0.2) is 103 Å². The summed E-state index contributed by atoms with van der Waals surface area (Å²) in [5, 5.41) is 0. The van der Waals surface area contributed by atoms with E-state index in [2.05, 4.69) is 250 Å². The van der Waals surface area contributed by atoms with Crippen molar-refractivity contribution in [1.29, 1.82) is 0 Å². The lowest BCUT2D eigenvalue weighted by Gasteiger charge is -2.26. The molecule has 3 aromatic heterocycles. The monoisotopic (exact) mass is 1080 g/mol. The number of hydrogen-bond donors (Lipinski definition) is 2. The van der Waals surface area contributed by atoms with Gasteiger partial charge in [-0.15, -0.1) is 0 Å². The Morgan fingerprint density at radius 3 is 0.951 bits per heavy atom. The quantitative estimate of drug-likeness (QED) is 0.105. The number of rotatable bonds is 10. The van der Waals surface area contributed by atoms with Gasteiger partial charge in [0.1, 0.15) is 5.75 Å². The molecule has 81 heavy (non-hydrogen) atoms. The van der Waals surface area contributed by atoms with E-state index in [1.807, 2.05) is 19.1 Å². The molecule has 2 aliphatic heterocycles. The first kappa shape index (κ1) is 58.4. The van der Waals surface area contributed by atoms with E-state index in [1.54, 1.807) is 0 Å². The molecular formula is C74H88N4O3. The SMILES string of the molecule is CCOC(=O)CCCOc1ccc(-c2c3nc(c(-c4cc(C(C)(C)C)cc(C(C)(C)C)c4)c4ccc([nH]4)c(-c4cc(C(C)(C)C)cc(C(C)(C)C)c4)c4nc(c(-c5cc(C(C)(C)C)cc(C(C)(C)C)c5)c5ccc2[nH]5)C=C4)C=C3)cc1. The van der Waals surface area contributed by atoms with Crippen LogP contribution in [-0.2, 0) is 42.0 Å². The van der Waals surface area contributed by atoms with E-state index in [4.69, 9.17) is 19.4 Å². The Kier molecular flexibility index (Phi) is 15.6. The van der Waals surface area contributed by atoms with Gasteiger partial charge in [0.25, 0.3) is 0 Å². The van der Waals surface area contributed by atoms with Crippen molar-refractivity contribution >= 4 is 52.3 Å². The number of nitrogens with one attached hydrogen (secondary N) is 2. The molecule has 422 valence electrons. The van der Waals surface area contributed by atoms with E-state index in [-0.39, 0.29) is 38.5 Å². The maximum Gasteiger partial charge on any atom is 0.305 e. The summed E-state index contributed by atoms with van der Waals surface area (Å²) in [6.45, 7) is 44.0. The van der Waals surface area contributed by atoms with Crippen LogP contribution in [0.1, 0.15) is 201 Å². The van der Waals surface area contributed by atoms with Crippen LogP contribution >= 0.6 is 0 Å². The van der Waals surface area contributed by atoms with Crippen molar-refractivity contribution in [1.82, 2.24) is 19.9 Å². The Balaban J connectivity index is 1.45. The standard InChI is InChI=1S/C74H88N4O3/c1-20-80-64(79)22-21-35-81-55-25-23-45(24-26-55)65-56-27-29-58(75-56)66(46-36-49(69(2,3)4)42-50(37-46)70(5,6)7)60-31-33-62(77-60)68(48-40-53(73(14,15)16)44-54(41-48)74(17,18)19)63-34-32-61(78-63)67(59-30-28-57(65)76-59)47-38-51(71(8,9)10)43-52(39-47)72(11,12)13/h23-34,36-44,75,78H,20-22,35H2,1-19H3. The first-order valence-electron chi connectivity index (χ1n) is 29.3. The van der Waals surface area contributed by atoms with Gasteiger partial charge < -0.3 is 19.4 Å². The molecule has 7 nitrogen and oxygen atoms in total. The number of benzene rings is 4. The van der Waals surface area contributed by atoms with Crippen LogP contribution in [-0.4, -0.2) is 39.1 Å². The van der Waals surface area contributed by atoms with Crippen LogP contribution in [0.25, 0.3) is 90.9 Å². The normalized spacial score (nSPS) is 13.3. The predicted octanol–water partition coefficient (Wildman–Crippen LogP) is 19.8. The number of carbonyl (C=O) groups is 1. The van der Waals surface area contributed by atoms with Gasteiger partial charge in [0, 0.05) is 50.7 Å². The van der Waals surface area contributed by atoms with Crippen LogP contribution in [0, 0.1) is 0 Å². The van der Waals surface area contributed by atoms with Crippen LogP contribution in [0.2, 0.25) is 0 Å². The molecule has 8 bridgehead atoms. The summed E-state index contributed by atoms with van der Waals surface area (Å²) in [6.07, 6.45) is 9.68. The van der Waals surface area contributed by atoms with Gasteiger partial charge in [0.05, 0.1) is 36.0 Å². The molecule has 4 aromatic carbocycles. The zero-order valence-corrected chi connectivity index (χ0v) is 52.1. The highest BCUT2D eigenvalue weighted by Crippen LogP contribution is 2.44. The average molecular weight is 1080 g/mol. The number of H-pyrrole nitrogens is 2. The molecule has 0 saturated carbocycles. The van der Waals surface area contributed by atoms with Crippen molar-refractivity contribution in [2.45, 2.75) is 177 Å². The first-order chi connectivity index (χ1) is 37.8. The smallest absolute Gasteiger partial charge is 0.305 e. The van der Waals surface area contributed by atoms with Gasteiger partial charge in [-0.1, -0.05) is 191 Å². The minimum absolute atomic E-state index is 0.113. The summed E-state index contributed by atoms with van der Waals surface area (Å²) < 4.78 is 11.4. The van der Waals surface area contributed by atoms with Crippen LogP contribution < -0.4 is 4.74 Å². The van der Waals surface area contributed by atoms with Crippen molar-refractivity contribution in [3.63, 3.8) is 0 Å². The van der Waals surface area contributed by atoms with Crippen molar-refractivity contribution in [3.8, 4) is 50.3 Å². The first-order valence-corrected chi connectivity index (χ1v) is 29.3. The molecule has 0 unspecified atom stereocenters. The van der Waals surface area contributed by atoms with Crippen LogP contribution in [0.3, 0.4) is 0 Å². The van der Waals surface area contributed by atoms with E-state index in [1.165, 1.54) is 33.4 Å². The molecule has 9 rings (SSSR count). The van der Waals surface area contributed by atoms with E-state index in [0.29, 0.717) is 26.1 Å². The van der Waals surface area contributed by atoms with Crippen LogP contribution in [0.5, 0.6) is 5.75 Å². The zero-order chi connectivity index (χ0) is 58.8. The Hall–Kier alpha value is -7.25. The van der Waals surface area contributed by atoms with Crippen molar-refractivity contribution in [2.75, 3.05) is 13.2 Å². The summed E-state index contributed by atoms with van der Waals surface area (Å²) in [5.41, 5.74) is 22.5. The second-order valence-corrected chi connectivity index (χ2v) is 28.7. The second-order valence-electron chi connectivity index (χ2n) is 28.7. The molecular weight excluding hydrogens is 993 g/mol. The predicted molar refractivity (Wildman–Crippen MR) is 344 cm³/mol. The summed E-state index contributed by atoms with van der Waals surface area (Å²) >= 11 is 0. The summed E-state index contributed by atoms with van der Waals surface area (Å²) in [6, 6.07) is 38.6. The third-order valence-electron chi connectivity index (χ3n) is 15.9. The number of carbonyl (C=O) groups excluding carboxylic acids is 1. The minimum atomic E-state index is -0.209. The fraction of sp³-hybridized carbons (Fsp3) is 0.392. The largest absolute Gasteiger partial charge is 0.494 e. The molecule has 0 atom stereocenters. The Labute approximate surface area is 483 Å². The highest BCUT2D eigenvalue weighted by Gasteiger charge is 2.28. The highest BCUT2D eigenvalue weighted by atomic mass is 16.5. The van der Waals surface area contributed by atoms with Gasteiger partial charge >= 0.3 is 5.97 Å². The molecule has 0 spiro atoms. The van der Waals surface area contributed by atoms with Gasteiger partial charge in [-0.25, -0.2) is 9.97 Å².